The van der Waals surface area contributed by atoms with Gasteiger partial charge < -0.3 is 9.14 Å². The third-order valence-corrected chi connectivity index (χ3v) is 3.82. The van der Waals surface area contributed by atoms with Crippen LogP contribution in [0.25, 0.3) is 5.65 Å². The zero-order valence-corrected chi connectivity index (χ0v) is 12.1. The molecule has 0 spiro atoms. The molecule has 0 N–H and O–H groups in total. The summed E-state index contributed by atoms with van der Waals surface area (Å²) in [5, 5.41) is 0. The standard InChI is InChI=1S/C15H13BrN2O/c1-19-13-6-7-18-10-12(17-15(18)9-13)8-11-4-2-3-5-14(11)16/h2-7,9-10H,8H2,1H3. The molecule has 3 rings (SSSR count). The van der Waals surface area contributed by atoms with Crippen molar-refractivity contribution in [2.24, 2.45) is 0 Å². The zero-order valence-electron chi connectivity index (χ0n) is 10.5. The highest BCUT2D eigenvalue weighted by Crippen LogP contribution is 2.20. The first-order valence-corrected chi connectivity index (χ1v) is 6.80. The van der Waals surface area contributed by atoms with Gasteiger partial charge in [-0.2, -0.15) is 0 Å². The number of hydrogen-bond donors (Lipinski definition) is 0. The second kappa shape index (κ2) is 5.05. The summed E-state index contributed by atoms with van der Waals surface area (Å²) in [7, 11) is 1.66. The number of pyridine rings is 1. The Labute approximate surface area is 120 Å². The summed E-state index contributed by atoms with van der Waals surface area (Å²) in [6.07, 6.45) is 4.82. The van der Waals surface area contributed by atoms with Gasteiger partial charge in [-0.3, -0.25) is 0 Å². The van der Waals surface area contributed by atoms with E-state index in [-0.39, 0.29) is 0 Å². The van der Waals surface area contributed by atoms with Gasteiger partial charge in [-0.1, -0.05) is 34.1 Å². The highest BCUT2D eigenvalue weighted by Gasteiger charge is 2.06. The molecule has 2 heterocycles. The molecular weight excluding hydrogens is 304 g/mol. The molecule has 3 nitrogen and oxygen atoms in total. The molecule has 1 aromatic carbocycles. The van der Waals surface area contributed by atoms with Crippen molar-refractivity contribution >= 4 is 21.6 Å². The molecular formula is C15H13BrN2O. The van der Waals surface area contributed by atoms with Crippen molar-refractivity contribution < 1.29 is 4.74 Å². The Hall–Kier alpha value is -1.81. The Morgan fingerprint density at radius 2 is 2.11 bits per heavy atom. The molecule has 0 saturated carbocycles. The normalized spacial score (nSPS) is 10.8. The summed E-state index contributed by atoms with van der Waals surface area (Å²) in [5.41, 5.74) is 3.18. The lowest BCUT2D eigenvalue weighted by molar-refractivity contribution is 0.414. The van der Waals surface area contributed by atoms with Crippen LogP contribution in [-0.2, 0) is 6.42 Å². The van der Waals surface area contributed by atoms with Crippen molar-refractivity contribution in [1.29, 1.82) is 0 Å². The Balaban J connectivity index is 1.95. The van der Waals surface area contributed by atoms with E-state index in [0.29, 0.717) is 0 Å². The Morgan fingerprint density at radius 3 is 2.89 bits per heavy atom. The molecule has 0 atom stereocenters. The molecule has 0 aliphatic carbocycles. The van der Waals surface area contributed by atoms with E-state index in [4.69, 9.17) is 4.74 Å². The van der Waals surface area contributed by atoms with Crippen LogP contribution in [0.5, 0.6) is 5.75 Å². The number of methoxy groups -OCH3 is 1. The van der Waals surface area contributed by atoms with E-state index in [2.05, 4.69) is 27.0 Å². The number of fused-ring (bicyclic) bond motifs is 1. The van der Waals surface area contributed by atoms with Gasteiger partial charge >= 0.3 is 0 Å². The quantitative estimate of drug-likeness (QED) is 0.736. The van der Waals surface area contributed by atoms with Crippen molar-refractivity contribution in [1.82, 2.24) is 9.38 Å². The number of halogens is 1. The highest BCUT2D eigenvalue weighted by molar-refractivity contribution is 9.10. The van der Waals surface area contributed by atoms with E-state index in [1.807, 2.05) is 47.1 Å². The van der Waals surface area contributed by atoms with E-state index in [0.717, 1.165) is 28.0 Å². The molecule has 0 aliphatic rings. The lowest BCUT2D eigenvalue weighted by Gasteiger charge is -2.00. The van der Waals surface area contributed by atoms with Crippen LogP contribution in [0.4, 0.5) is 0 Å². The molecule has 4 heteroatoms. The smallest absolute Gasteiger partial charge is 0.140 e. The third-order valence-electron chi connectivity index (χ3n) is 3.05. The first-order valence-electron chi connectivity index (χ1n) is 6.01. The molecule has 0 bridgehead atoms. The molecule has 2 aromatic heterocycles. The molecule has 0 saturated heterocycles. The summed E-state index contributed by atoms with van der Waals surface area (Å²) in [5.74, 6) is 0.825. The van der Waals surface area contributed by atoms with Gasteiger partial charge in [-0.25, -0.2) is 4.98 Å². The van der Waals surface area contributed by atoms with Gasteiger partial charge in [0.25, 0.3) is 0 Å². The second-order valence-corrected chi connectivity index (χ2v) is 5.19. The fraction of sp³-hybridized carbons (Fsp3) is 0.133. The third kappa shape index (κ3) is 2.49. The average molecular weight is 317 g/mol. The first kappa shape index (κ1) is 12.2. The van der Waals surface area contributed by atoms with Crippen LogP contribution >= 0.6 is 15.9 Å². The summed E-state index contributed by atoms with van der Waals surface area (Å²) in [6, 6.07) is 12.1. The Kier molecular flexibility index (Phi) is 3.25. The topological polar surface area (TPSA) is 26.5 Å². The van der Waals surface area contributed by atoms with Crippen LogP contribution in [0.3, 0.4) is 0 Å². The number of ether oxygens (including phenoxy) is 1. The lowest BCUT2D eigenvalue weighted by Crippen LogP contribution is -1.89. The van der Waals surface area contributed by atoms with Crippen LogP contribution in [0.2, 0.25) is 0 Å². The second-order valence-electron chi connectivity index (χ2n) is 4.33. The fourth-order valence-corrected chi connectivity index (χ4v) is 2.49. The van der Waals surface area contributed by atoms with Gasteiger partial charge in [-0.15, -0.1) is 0 Å². The van der Waals surface area contributed by atoms with Gasteiger partial charge in [0.15, 0.2) is 0 Å². The average Bonchev–Trinajstić information content (AvgIpc) is 2.82. The van der Waals surface area contributed by atoms with Crippen LogP contribution < -0.4 is 4.74 Å². The number of hydrogen-bond acceptors (Lipinski definition) is 2. The molecule has 0 amide bonds. The summed E-state index contributed by atoms with van der Waals surface area (Å²) in [4.78, 5) is 4.62. The number of aromatic nitrogens is 2. The van der Waals surface area contributed by atoms with Gasteiger partial charge in [0.2, 0.25) is 0 Å². The van der Waals surface area contributed by atoms with E-state index >= 15 is 0 Å². The van der Waals surface area contributed by atoms with Crippen molar-refractivity contribution in [2.45, 2.75) is 6.42 Å². The summed E-state index contributed by atoms with van der Waals surface area (Å²) < 4.78 is 8.33. The monoisotopic (exact) mass is 316 g/mol. The van der Waals surface area contributed by atoms with E-state index in [9.17, 15) is 0 Å². The van der Waals surface area contributed by atoms with Crippen LogP contribution in [0.15, 0.2) is 53.3 Å². The summed E-state index contributed by atoms with van der Waals surface area (Å²) in [6.45, 7) is 0. The maximum absolute atomic E-state index is 5.21. The number of benzene rings is 1. The maximum Gasteiger partial charge on any atom is 0.140 e. The van der Waals surface area contributed by atoms with Gasteiger partial charge in [0.05, 0.1) is 12.8 Å². The van der Waals surface area contributed by atoms with Crippen molar-refractivity contribution in [2.75, 3.05) is 7.11 Å². The maximum atomic E-state index is 5.21. The molecule has 0 fully saturated rings. The molecule has 96 valence electrons. The van der Waals surface area contributed by atoms with Crippen LogP contribution in [-0.4, -0.2) is 16.5 Å². The van der Waals surface area contributed by atoms with Crippen LogP contribution in [0, 0.1) is 0 Å². The minimum atomic E-state index is 0.811. The minimum absolute atomic E-state index is 0.811. The molecule has 19 heavy (non-hydrogen) atoms. The molecule has 0 unspecified atom stereocenters. The number of nitrogens with zero attached hydrogens (tertiary/aromatic N) is 2. The van der Waals surface area contributed by atoms with Crippen molar-refractivity contribution in [3.8, 4) is 5.75 Å². The minimum Gasteiger partial charge on any atom is -0.497 e. The first-order chi connectivity index (χ1) is 9.26. The Morgan fingerprint density at radius 1 is 1.26 bits per heavy atom. The predicted octanol–water partition coefficient (Wildman–Crippen LogP) is 3.70. The Bertz CT molecular complexity index is 721. The number of imidazole rings is 1. The van der Waals surface area contributed by atoms with E-state index < -0.39 is 0 Å². The van der Waals surface area contributed by atoms with Crippen molar-refractivity contribution in [3.05, 3.63) is 64.5 Å². The largest absolute Gasteiger partial charge is 0.497 e. The lowest BCUT2D eigenvalue weighted by atomic mass is 10.1. The van der Waals surface area contributed by atoms with Gasteiger partial charge in [-0.05, 0) is 17.7 Å². The SMILES string of the molecule is COc1ccn2cc(Cc3ccccc3Br)nc2c1. The fourth-order valence-electron chi connectivity index (χ4n) is 2.06. The van der Waals surface area contributed by atoms with E-state index in [1.54, 1.807) is 7.11 Å². The van der Waals surface area contributed by atoms with Gasteiger partial charge in [0.1, 0.15) is 11.4 Å². The highest BCUT2D eigenvalue weighted by atomic mass is 79.9. The number of rotatable bonds is 3. The zero-order chi connectivity index (χ0) is 13.2. The molecule has 0 aliphatic heterocycles. The predicted molar refractivity (Wildman–Crippen MR) is 78.7 cm³/mol. The van der Waals surface area contributed by atoms with Crippen molar-refractivity contribution in [3.63, 3.8) is 0 Å². The molecule has 0 radical (unpaired) electrons. The molecule has 3 aromatic rings. The van der Waals surface area contributed by atoms with Crippen LogP contribution in [0.1, 0.15) is 11.3 Å². The summed E-state index contributed by atoms with van der Waals surface area (Å²) >= 11 is 3.57. The van der Waals surface area contributed by atoms with E-state index in [1.165, 1.54) is 5.56 Å². The van der Waals surface area contributed by atoms with Gasteiger partial charge in [0, 0.05) is 29.4 Å².